The second-order valence-electron chi connectivity index (χ2n) is 4.85. The number of benzene rings is 2. The zero-order valence-corrected chi connectivity index (χ0v) is 12.0. The summed E-state index contributed by atoms with van der Waals surface area (Å²) in [4.78, 5) is 0. The molecule has 0 atom stereocenters. The van der Waals surface area contributed by atoms with Crippen molar-refractivity contribution in [1.29, 1.82) is 5.26 Å². The minimum absolute atomic E-state index is 0.262. The van der Waals surface area contributed by atoms with Gasteiger partial charge in [-0.1, -0.05) is 36.4 Å². The number of hydrogen-bond acceptors (Lipinski definition) is 3. The Hall–Kier alpha value is -2.47. The molecule has 0 fully saturated rings. The average Bonchev–Trinajstić information content (AvgIpc) is 2.51. The van der Waals surface area contributed by atoms with E-state index in [4.69, 9.17) is 10.00 Å². The third-order valence-electron chi connectivity index (χ3n) is 3.31. The van der Waals surface area contributed by atoms with Gasteiger partial charge in [0.15, 0.2) is 0 Å². The Morgan fingerprint density at radius 1 is 1.00 bits per heavy atom. The predicted molar refractivity (Wildman–Crippen MR) is 82.3 cm³/mol. The van der Waals surface area contributed by atoms with Crippen molar-refractivity contribution in [3.63, 3.8) is 0 Å². The largest absolute Gasteiger partial charge is 0.508 e. The summed E-state index contributed by atoms with van der Waals surface area (Å²) in [7, 11) is 0. The van der Waals surface area contributed by atoms with Crippen molar-refractivity contribution in [3.8, 4) is 17.6 Å². The monoisotopic (exact) mass is 281 g/mol. The van der Waals surface area contributed by atoms with Crippen molar-refractivity contribution in [2.45, 2.75) is 25.7 Å². The molecule has 0 heterocycles. The molecule has 108 valence electrons. The van der Waals surface area contributed by atoms with Crippen molar-refractivity contribution >= 4 is 0 Å². The molecule has 2 aromatic carbocycles. The van der Waals surface area contributed by atoms with Gasteiger partial charge in [0.2, 0.25) is 0 Å². The van der Waals surface area contributed by atoms with E-state index in [1.165, 1.54) is 5.56 Å². The van der Waals surface area contributed by atoms with E-state index in [2.05, 4.69) is 12.1 Å². The number of rotatable bonds is 7. The third kappa shape index (κ3) is 4.54. The molecule has 2 rings (SSSR count). The fourth-order valence-corrected chi connectivity index (χ4v) is 2.26. The van der Waals surface area contributed by atoms with Gasteiger partial charge >= 0.3 is 0 Å². The predicted octanol–water partition coefficient (Wildman–Crippen LogP) is 3.86. The second-order valence-corrected chi connectivity index (χ2v) is 4.85. The molecule has 0 saturated carbocycles. The molecule has 0 aliphatic carbocycles. The molecule has 0 spiro atoms. The van der Waals surface area contributed by atoms with Crippen molar-refractivity contribution in [2.75, 3.05) is 6.61 Å². The maximum Gasteiger partial charge on any atom is 0.126 e. The van der Waals surface area contributed by atoms with Gasteiger partial charge < -0.3 is 9.84 Å². The van der Waals surface area contributed by atoms with Gasteiger partial charge in [0.1, 0.15) is 18.1 Å². The summed E-state index contributed by atoms with van der Waals surface area (Å²) in [5, 5.41) is 18.6. The van der Waals surface area contributed by atoms with Crippen LogP contribution in [0.25, 0.3) is 0 Å². The summed E-state index contributed by atoms with van der Waals surface area (Å²) >= 11 is 0. The third-order valence-corrected chi connectivity index (χ3v) is 3.31. The van der Waals surface area contributed by atoms with Gasteiger partial charge in [-0.25, -0.2) is 0 Å². The van der Waals surface area contributed by atoms with Crippen LogP contribution in [0.1, 0.15) is 24.0 Å². The van der Waals surface area contributed by atoms with Crippen molar-refractivity contribution in [3.05, 3.63) is 59.7 Å². The molecule has 0 aliphatic rings. The first-order chi connectivity index (χ1) is 10.3. The highest BCUT2D eigenvalue weighted by molar-refractivity contribution is 5.44. The molecular formula is C18H19NO2. The van der Waals surface area contributed by atoms with Gasteiger partial charge in [0, 0.05) is 5.56 Å². The Balaban J connectivity index is 1.96. The number of phenols is 1. The number of ether oxygens (including phenoxy) is 1. The van der Waals surface area contributed by atoms with Crippen LogP contribution in [0.5, 0.6) is 11.5 Å². The molecule has 0 aromatic heterocycles. The van der Waals surface area contributed by atoms with Crippen LogP contribution in [0.2, 0.25) is 0 Å². The lowest BCUT2D eigenvalue weighted by Crippen LogP contribution is -2.00. The van der Waals surface area contributed by atoms with Crippen molar-refractivity contribution in [2.24, 2.45) is 0 Å². The first-order valence-corrected chi connectivity index (χ1v) is 7.16. The van der Waals surface area contributed by atoms with Crippen LogP contribution in [-0.4, -0.2) is 11.7 Å². The van der Waals surface area contributed by atoms with Crippen molar-refractivity contribution in [1.82, 2.24) is 0 Å². The standard InChI is InChI=1S/C18H19NO2/c19-13-6-14-21-18-12-5-11-17(20)16(18)10-4-9-15-7-2-1-3-8-15/h1-3,5,7-8,11-12,20H,4,6,9-10,14H2. The molecule has 0 amide bonds. The molecule has 0 bridgehead atoms. The minimum Gasteiger partial charge on any atom is -0.508 e. The molecule has 0 aliphatic heterocycles. The maximum atomic E-state index is 10.0. The summed E-state index contributed by atoms with van der Waals surface area (Å²) in [5.41, 5.74) is 2.12. The summed E-state index contributed by atoms with van der Waals surface area (Å²) in [6.45, 7) is 0.353. The number of phenolic OH excluding ortho intramolecular Hbond substituents is 1. The lowest BCUT2D eigenvalue weighted by molar-refractivity contribution is 0.320. The molecule has 3 nitrogen and oxygen atoms in total. The average molecular weight is 281 g/mol. The minimum atomic E-state index is 0.262. The molecule has 1 N–H and O–H groups in total. The number of nitriles is 1. The molecule has 3 heteroatoms. The van der Waals surface area contributed by atoms with E-state index in [1.807, 2.05) is 30.3 Å². The Bertz CT molecular complexity index is 602. The molecular weight excluding hydrogens is 262 g/mol. The Kier molecular flexibility index (Phi) is 5.66. The van der Waals surface area contributed by atoms with E-state index in [0.29, 0.717) is 18.8 Å². The van der Waals surface area contributed by atoms with Gasteiger partial charge in [0.25, 0.3) is 0 Å². The zero-order valence-electron chi connectivity index (χ0n) is 12.0. The van der Waals surface area contributed by atoms with Gasteiger partial charge in [-0.05, 0) is 37.0 Å². The second kappa shape index (κ2) is 7.96. The normalized spacial score (nSPS) is 10.0. The van der Waals surface area contributed by atoms with E-state index < -0.39 is 0 Å². The molecule has 0 saturated heterocycles. The van der Waals surface area contributed by atoms with Crippen LogP contribution in [0.3, 0.4) is 0 Å². The molecule has 0 unspecified atom stereocenters. The molecule has 21 heavy (non-hydrogen) atoms. The zero-order chi connectivity index (χ0) is 14.9. The van der Waals surface area contributed by atoms with Crippen molar-refractivity contribution < 1.29 is 9.84 Å². The summed E-state index contributed by atoms with van der Waals surface area (Å²) in [5.74, 6) is 0.941. The van der Waals surface area contributed by atoms with E-state index in [1.54, 1.807) is 12.1 Å². The van der Waals surface area contributed by atoms with Gasteiger partial charge in [-0.3, -0.25) is 0 Å². The SMILES string of the molecule is N#CCCOc1cccc(O)c1CCCc1ccccc1. The quantitative estimate of drug-likeness (QED) is 0.784. The van der Waals surface area contributed by atoms with Crippen LogP contribution < -0.4 is 4.74 Å². The Morgan fingerprint density at radius 3 is 2.57 bits per heavy atom. The highest BCUT2D eigenvalue weighted by Gasteiger charge is 2.09. The fourth-order valence-electron chi connectivity index (χ4n) is 2.26. The number of aromatic hydroxyl groups is 1. The van der Waals surface area contributed by atoms with Gasteiger partial charge in [-0.2, -0.15) is 5.26 Å². The van der Waals surface area contributed by atoms with E-state index >= 15 is 0 Å². The Morgan fingerprint density at radius 2 is 1.81 bits per heavy atom. The maximum absolute atomic E-state index is 10.0. The summed E-state index contributed by atoms with van der Waals surface area (Å²) < 4.78 is 5.58. The number of aryl methyl sites for hydroxylation is 1. The van der Waals surface area contributed by atoms with Crippen LogP contribution in [0.15, 0.2) is 48.5 Å². The first kappa shape index (κ1) is 14.9. The fraction of sp³-hybridized carbons (Fsp3) is 0.278. The molecule has 0 radical (unpaired) electrons. The van der Waals surface area contributed by atoms with Crippen LogP contribution in [0, 0.1) is 11.3 Å². The van der Waals surface area contributed by atoms with Crippen LogP contribution in [-0.2, 0) is 12.8 Å². The lowest BCUT2D eigenvalue weighted by Gasteiger charge is -2.12. The van der Waals surface area contributed by atoms with Crippen LogP contribution in [0.4, 0.5) is 0 Å². The van der Waals surface area contributed by atoms with Gasteiger partial charge in [-0.15, -0.1) is 0 Å². The topological polar surface area (TPSA) is 53.2 Å². The lowest BCUT2D eigenvalue weighted by atomic mass is 10.0. The van der Waals surface area contributed by atoms with E-state index in [-0.39, 0.29) is 5.75 Å². The van der Waals surface area contributed by atoms with E-state index in [0.717, 1.165) is 24.8 Å². The Labute approximate surface area is 125 Å². The summed E-state index contributed by atoms with van der Waals surface area (Å²) in [6, 6.07) is 17.6. The first-order valence-electron chi connectivity index (χ1n) is 7.16. The smallest absolute Gasteiger partial charge is 0.126 e. The highest BCUT2D eigenvalue weighted by Crippen LogP contribution is 2.29. The van der Waals surface area contributed by atoms with E-state index in [9.17, 15) is 5.11 Å². The summed E-state index contributed by atoms with van der Waals surface area (Å²) in [6.07, 6.45) is 3.01. The van der Waals surface area contributed by atoms with Gasteiger partial charge in [0.05, 0.1) is 12.5 Å². The van der Waals surface area contributed by atoms with Crippen LogP contribution >= 0.6 is 0 Å². The number of nitrogens with zero attached hydrogens (tertiary/aromatic N) is 1. The number of hydrogen-bond donors (Lipinski definition) is 1. The highest BCUT2D eigenvalue weighted by atomic mass is 16.5. The molecule has 2 aromatic rings.